The minimum Gasteiger partial charge on any atom is -0.469 e. The van der Waals surface area contributed by atoms with Crippen molar-refractivity contribution in [2.45, 2.75) is 18.9 Å². The smallest absolute Gasteiger partial charge is 0.312 e. The summed E-state index contributed by atoms with van der Waals surface area (Å²) in [4.78, 5) is 13.8. The lowest BCUT2D eigenvalue weighted by atomic mass is 9.94. The van der Waals surface area contributed by atoms with Gasteiger partial charge in [-0.15, -0.1) is 0 Å². The number of hydrogen-bond acceptors (Lipinski definition) is 4. The quantitative estimate of drug-likeness (QED) is 0.826. The van der Waals surface area contributed by atoms with Crippen molar-refractivity contribution in [2.24, 2.45) is 5.92 Å². The molecule has 0 amide bonds. The van der Waals surface area contributed by atoms with Crippen LogP contribution in [0, 0.1) is 5.92 Å². The van der Waals surface area contributed by atoms with E-state index < -0.39 is 12.0 Å². The number of esters is 1. The Bertz CT molecular complexity index is 407. The molecule has 1 fully saturated rings. The Labute approximate surface area is 114 Å². The molecule has 2 rings (SSSR count). The third kappa shape index (κ3) is 3.78. The van der Waals surface area contributed by atoms with Crippen LogP contribution in [0.1, 0.15) is 12.0 Å². The molecule has 0 bridgehead atoms. The number of nitrogens with zero attached hydrogens (tertiary/aromatic N) is 1. The Morgan fingerprint density at radius 1 is 1.42 bits per heavy atom. The molecule has 4 nitrogen and oxygen atoms in total. The van der Waals surface area contributed by atoms with Gasteiger partial charge in [0.2, 0.25) is 0 Å². The van der Waals surface area contributed by atoms with E-state index in [1.54, 1.807) is 0 Å². The van der Waals surface area contributed by atoms with Gasteiger partial charge in [0.05, 0.1) is 19.1 Å². The van der Waals surface area contributed by atoms with E-state index in [1.807, 2.05) is 18.2 Å². The summed E-state index contributed by atoms with van der Waals surface area (Å²) in [5.74, 6) is -0.716. The summed E-state index contributed by atoms with van der Waals surface area (Å²) >= 11 is 0. The maximum Gasteiger partial charge on any atom is 0.312 e. The largest absolute Gasteiger partial charge is 0.469 e. The number of carbonyl (C=O) groups is 1. The van der Waals surface area contributed by atoms with Crippen molar-refractivity contribution in [2.75, 3.05) is 26.7 Å². The van der Waals surface area contributed by atoms with Crippen LogP contribution in [0.4, 0.5) is 0 Å². The molecule has 19 heavy (non-hydrogen) atoms. The lowest BCUT2D eigenvalue weighted by Gasteiger charge is -2.34. The molecule has 1 aromatic rings. The molecule has 0 radical (unpaired) electrons. The maximum atomic E-state index is 11.6. The van der Waals surface area contributed by atoms with Gasteiger partial charge in [0.15, 0.2) is 0 Å². The molecule has 1 N–H and O–H groups in total. The molecule has 0 saturated carbocycles. The zero-order valence-corrected chi connectivity index (χ0v) is 11.3. The van der Waals surface area contributed by atoms with Gasteiger partial charge < -0.3 is 14.7 Å². The molecule has 1 saturated heterocycles. The predicted octanol–water partition coefficient (Wildman–Crippen LogP) is 1.08. The Kier molecular flexibility index (Phi) is 4.93. The van der Waals surface area contributed by atoms with E-state index in [9.17, 15) is 9.90 Å². The summed E-state index contributed by atoms with van der Waals surface area (Å²) in [5, 5.41) is 9.85. The van der Waals surface area contributed by atoms with Crippen molar-refractivity contribution in [1.82, 2.24) is 4.90 Å². The molecule has 4 heteroatoms. The number of aliphatic hydroxyl groups excluding tert-OH is 1. The molecule has 0 aliphatic carbocycles. The number of carbonyl (C=O) groups excluding carboxylic acids is 1. The fourth-order valence-corrected chi connectivity index (χ4v) is 2.53. The Morgan fingerprint density at radius 3 is 2.84 bits per heavy atom. The summed E-state index contributed by atoms with van der Waals surface area (Å²) in [6.45, 7) is 2.33. The average molecular weight is 263 g/mol. The highest BCUT2D eigenvalue weighted by atomic mass is 16.5. The second-order valence-corrected chi connectivity index (χ2v) is 5.02. The summed E-state index contributed by atoms with van der Waals surface area (Å²) in [6, 6.07) is 10.3. The first-order chi connectivity index (χ1) is 9.20. The second-order valence-electron chi connectivity index (χ2n) is 5.02. The van der Waals surface area contributed by atoms with Gasteiger partial charge in [-0.05, 0) is 18.4 Å². The van der Waals surface area contributed by atoms with Gasteiger partial charge in [0.25, 0.3) is 0 Å². The number of ether oxygens (including phenoxy) is 1. The minimum absolute atomic E-state index is 0.308. The van der Waals surface area contributed by atoms with Gasteiger partial charge >= 0.3 is 5.97 Å². The van der Waals surface area contributed by atoms with Gasteiger partial charge in [-0.2, -0.15) is 0 Å². The average Bonchev–Trinajstić information content (AvgIpc) is 2.46. The van der Waals surface area contributed by atoms with E-state index in [0.29, 0.717) is 13.0 Å². The summed E-state index contributed by atoms with van der Waals surface area (Å²) in [5.41, 5.74) is 1.29. The van der Waals surface area contributed by atoms with Crippen LogP contribution in [0.15, 0.2) is 30.3 Å². The van der Waals surface area contributed by atoms with Crippen LogP contribution in [0.5, 0.6) is 0 Å². The number of benzene rings is 1. The van der Waals surface area contributed by atoms with Crippen molar-refractivity contribution in [1.29, 1.82) is 0 Å². The number of hydrogen-bond donors (Lipinski definition) is 1. The molecule has 0 spiro atoms. The second kappa shape index (κ2) is 6.68. The Balaban J connectivity index is 1.86. The highest BCUT2D eigenvalue weighted by Crippen LogP contribution is 2.18. The molecule has 2 unspecified atom stereocenters. The first kappa shape index (κ1) is 14.0. The van der Waals surface area contributed by atoms with Crippen LogP contribution in [-0.4, -0.2) is 48.8 Å². The first-order valence-electron chi connectivity index (χ1n) is 6.73. The molecule has 0 aromatic heterocycles. The number of piperidine rings is 1. The van der Waals surface area contributed by atoms with Crippen LogP contribution < -0.4 is 0 Å². The van der Waals surface area contributed by atoms with Crippen LogP contribution >= 0.6 is 0 Å². The van der Waals surface area contributed by atoms with Crippen LogP contribution in [0.2, 0.25) is 0 Å². The lowest BCUT2D eigenvalue weighted by molar-refractivity contribution is -0.152. The highest BCUT2D eigenvalue weighted by molar-refractivity contribution is 5.73. The van der Waals surface area contributed by atoms with E-state index >= 15 is 0 Å². The molecule has 1 aliphatic heterocycles. The van der Waals surface area contributed by atoms with Crippen LogP contribution in [-0.2, 0) is 16.0 Å². The van der Waals surface area contributed by atoms with Crippen molar-refractivity contribution < 1.29 is 14.6 Å². The molecule has 1 aromatic carbocycles. The third-order valence-electron chi connectivity index (χ3n) is 3.72. The van der Waals surface area contributed by atoms with Gasteiger partial charge in [-0.25, -0.2) is 0 Å². The molecule has 2 atom stereocenters. The minimum atomic E-state index is -0.569. The van der Waals surface area contributed by atoms with E-state index in [2.05, 4.69) is 17.0 Å². The molecule has 1 aliphatic rings. The standard InChI is InChI=1S/C15H21NO3/c1-19-15(18)13-11-16(10-8-14(13)17)9-7-12-5-3-2-4-6-12/h2-6,13-14,17H,7-11H2,1H3. The Morgan fingerprint density at radius 2 is 2.16 bits per heavy atom. The van der Waals surface area contributed by atoms with E-state index in [4.69, 9.17) is 4.74 Å². The van der Waals surface area contributed by atoms with Gasteiger partial charge in [-0.1, -0.05) is 30.3 Å². The van der Waals surface area contributed by atoms with Gasteiger partial charge in [0, 0.05) is 19.6 Å². The lowest BCUT2D eigenvalue weighted by Crippen LogP contribution is -2.47. The van der Waals surface area contributed by atoms with Crippen molar-refractivity contribution in [3.05, 3.63) is 35.9 Å². The number of likely N-dealkylation sites (tertiary alicyclic amines) is 1. The third-order valence-corrected chi connectivity index (χ3v) is 3.72. The van der Waals surface area contributed by atoms with Crippen molar-refractivity contribution in [3.8, 4) is 0 Å². The zero-order chi connectivity index (χ0) is 13.7. The van der Waals surface area contributed by atoms with E-state index in [-0.39, 0.29) is 5.97 Å². The monoisotopic (exact) mass is 263 g/mol. The molecule has 1 heterocycles. The van der Waals surface area contributed by atoms with Gasteiger partial charge in [0.1, 0.15) is 0 Å². The Hall–Kier alpha value is -1.39. The highest BCUT2D eigenvalue weighted by Gasteiger charge is 2.33. The maximum absolute atomic E-state index is 11.6. The van der Waals surface area contributed by atoms with Gasteiger partial charge in [-0.3, -0.25) is 4.79 Å². The molecular weight excluding hydrogens is 242 g/mol. The van der Waals surface area contributed by atoms with E-state index in [0.717, 1.165) is 19.5 Å². The van der Waals surface area contributed by atoms with Crippen LogP contribution in [0.25, 0.3) is 0 Å². The van der Waals surface area contributed by atoms with Crippen LogP contribution in [0.3, 0.4) is 0 Å². The fourth-order valence-electron chi connectivity index (χ4n) is 2.53. The summed E-state index contributed by atoms with van der Waals surface area (Å²) in [6.07, 6.45) is 1.03. The van der Waals surface area contributed by atoms with E-state index in [1.165, 1.54) is 12.7 Å². The first-order valence-corrected chi connectivity index (χ1v) is 6.73. The SMILES string of the molecule is COC(=O)C1CN(CCc2ccccc2)CCC1O. The molecule has 104 valence electrons. The topological polar surface area (TPSA) is 49.8 Å². The fraction of sp³-hybridized carbons (Fsp3) is 0.533. The zero-order valence-electron chi connectivity index (χ0n) is 11.3. The van der Waals surface area contributed by atoms with Crippen molar-refractivity contribution in [3.63, 3.8) is 0 Å². The number of rotatable bonds is 4. The predicted molar refractivity (Wildman–Crippen MR) is 72.7 cm³/mol. The summed E-state index contributed by atoms with van der Waals surface area (Å²) in [7, 11) is 1.37. The normalized spacial score (nSPS) is 24.1. The van der Waals surface area contributed by atoms with Crippen molar-refractivity contribution >= 4 is 5.97 Å². The number of methoxy groups -OCH3 is 1. The molecular formula is C15H21NO3. The summed E-state index contributed by atoms with van der Waals surface area (Å²) < 4.78 is 4.75. The number of aliphatic hydroxyl groups is 1.